The van der Waals surface area contributed by atoms with Gasteiger partial charge in [0.15, 0.2) is 17.3 Å². The predicted octanol–water partition coefficient (Wildman–Crippen LogP) is 6.18. The number of methoxy groups -OCH3 is 1. The van der Waals surface area contributed by atoms with Crippen LogP contribution in [0.2, 0.25) is 0 Å². The van der Waals surface area contributed by atoms with Gasteiger partial charge in [-0.1, -0.05) is 34.9 Å². The molecule has 1 aromatic carbocycles. The summed E-state index contributed by atoms with van der Waals surface area (Å²) in [4.78, 5) is 33.8. The van der Waals surface area contributed by atoms with Gasteiger partial charge in [-0.25, -0.2) is 4.98 Å². The van der Waals surface area contributed by atoms with Crippen LogP contribution in [0.5, 0.6) is 11.5 Å². The summed E-state index contributed by atoms with van der Waals surface area (Å²) in [5.74, 6) is 2.54. The van der Waals surface area contributed by atoms with E-state index in [1.165, 1.54) is 12.7 Å². The number of ether oxygens (including phenoxy) is 1. The number of ketones is 2. The minimum atomic E-state index is -0.193. The fraction of sp³-hybridized carbons (Fsp3) is 0.485. The van der Waals surface area contributed by atoms with Gasteiger partial charge in [0.1, 0.15) is 11.6 Å². The van der Waals surface area contributed by atoms with E-state index in [0.29, 0.717) is 36.5 Å². The number of anilines is 1. The Labute approximate surface area is 261 Å². The molecule has 10 heteroatoms. The number of aromatic nitrogens is 1. The minimum absolute atomic E-state index is 0.0132. The van der Waals surface area contributed by atoms with E-state index in [-0.39, 0.29) is 34.4 Å². The summed E-state index contributed by atoms with van der Waals surface area (Å²) in [7, 11) is 5.38. The SMILES string of the molecule is CCC1CCC(=O)CC(=O)C2=Cc3cc(OC)c(O)cc3C(CC2)c2cnc3c(c2)C(CN2C=CNC2)(CCN3)SSC1. The van der Waals surface area contributed by atoms with E-state index in [1.807, 2.05) is 40.1 Å². The van der Waals surface area contributed by atoms with Crippen LogP contribution in [-0.2, 0) is 14.3 Å². The highest BCUT2D eigenvalue weighted by molar-refractivity contribution is 8.77. The van der Waals surface area contributed by atoms with E-state index in [9.17, 15) is 14.7 Å². The van der Waals surface area contributed by atoms with Gasteiger partial charge in [0.25, 0.3) is 0 Å². The number of phenolic OH excluding ortho intramolecular Hbond substituents is 1. The molecule has 3 unspecified atom stereocenters. The molecule has 0 fully saturated rings. The third-order valence-corrected chi connectivity index (χ3v) is 12.5. The fourth-order valence-electron chi connectivity index (χ4n) is 6.64. The van der Waals surface area contributed by atoms with Crippen LogP contribution in [0.4, 0.5) is 5.82 Å². The first-order valence-corrected chi connectivity index (χ1v) is 17.6. The van der Waals surface area contributed by atoms with E-state index in [4.69, 9.17) is 9.72 Å². The molecule has 1 aliphatic carbocycles. The zero-order valence-corrected chi connectivity index (χ0v) is 26.5. The third-order valence-electron chi connectivity index (χ3n) is 9.22. The first-order valence-electron chi connectivity index (χ1n) is 15.2. The highest BCUT2D eigenvalue weighted by Crippen LogP contribution is 2.53. The number of rotatable bonds is 4. The predicted molar refractivity (Wildman–Crippen MR) is 174 cm³/mol. The van der Waals surface area contributed by atoms with Crippen molar-refractivity contribution < 1.29 is 19.4 Å². The number of hydrogen-bond donors (Lipinski definition) is 3. The second-order valence-electron chi connectivity index (χ2n) is 12.0. The van der Waals surface area contributed by atoms with Crippen molar-refractivity contribution in [2.45, 2.75) is 62.5 Å². The van der Waals surface area contributed by atoms with Crippen molar-refractivity contribution in [2.24, 2.45) is 5.92 Å². The second-order valence-corrected chi connectivity index (χ2v) is 14.7. The smallest absolute Gasteiger partial charge is 0.166 e. The molecule has 0 amide bonds. The van der Waals surface area contributed by atoms with Gasteiger partial charge in [-0.3, -0.25) is 9.59 Å². The molecule has 0 saturated carbocycles. The number of hydrogen-bond acceptors (Lipinski definition) is 10. The number of phenols is 1. The molecule has 0 spiro atoms. The van der Waals surface area contributed by atoms with E-state index in [2.05, 4.69) is 34.7 Å². The van der Waals surface area contributed by atoms with Crippen molar-refractivity contribution in [3.8, 4) is 11.5 Å². The van der Waals surface area contributed by atoms with Crippen LogP contribution in [0, 0.1) is 5.92 Å². The fourth-order valence-corrected chi connectivity index (χ4v) is 10.3. The molecular weight excluding hydrogens is 581 g/mol. The average Bonchev–Trinajstić information content (AvgIpc) is 3.44. The molecule has 4 aliphatic rings. The Morgan fingerprint density at radius 1 is 1.21 bits per heavy atom. The zero-order valence-electron chi connectivity index (χ0n) is 24.9. The second kappa shape index (κ2) is 12.9. The van der Waals surface area contributed by atoms with Gasteiger partial charge in [0.05, 0.1) is 24.9 Å². The lowest BCUT2D eigenvalue weighted by atomic mass is 9.83. The average molecular weight is 621 g/mol. The topological polar surface area (TPSA) is 104 Å². The van der Waals surface area contributed by atoms with E-state index < -0.39 is 0 Å². The van der Waals surface area contributed by atoms with E-state index in [0.717, 1.165) is 67.3 Å². The van der Waals surface area contributed by atoms with Crippen LogP contribution in [-0.4, -0.2) is 59.2 Å². The third kappa shape index (κ3) is 6.27. The first kappa shape index (κ1) is 29.9. The number of benzene rings is 1. The lowest BCUT2D eigenvalue weighted by molar-refractivity contribution is -0.125. The van der Waals surface area contributed by atoms with E-state index >= 15 is 0 Å². The molecule has 1 aromatic heterocycles. The largest absolute Gasteiger partial charge is 0.504 e. The van der Waals surface area contributed by atoms with Crippen molar-refractivity contribution in [3.05, 3.63) is 64.6 Å². The molecule has 4 heterocycles. The maximum atomic E-state index is 13.5. The van der Waals surface area contributed by atoms with Crippen molar-refractivity contribution >= 4 is 45.0 Å². The van der Waals surface area contributed by atoms with Crippen molar-refractivity contribution in [1.29, 1.82) is 0 Å². The number of aromatic hydroxyl groups is 1. The lowest BCUT2D eigenvalue weighted by Gasteiger charge is -2.41. The molecule has 8 nitrogen and oxygen atoms in total. The lowest BCUT2D eigenvalue weighted by Crippen LogP contribution is -2.41. The van der Waals surface area contributed by atoms with Crippen LogP contribution < -0.4 is 15.4 Å². The number of allylic oxidation sites excluding steroid dienone is 1. The summed E-state index contributed by atoms with van der Waals surface area (Å²) in [5.41, 5.74) is 4.69. The maximum Gasteiger partial charge on any atom is 0.166 e. The van der Waals surface area contributed by atoms with Gasteiger partial charge in [0, 0.05) is 55.3 Å². The number of carbonyl (C=O) groups is 2. The van der Waals surface area contributed by atoms with Gasteiger partial charge in [-0.05, 0) is 78.1 Å². The Hall–Kier alpha value is -3.11. The number of nitrogens with one attached hydrogen (secondary N) is 2. The van der Waals surface area contributed by atoms with E-state index in [1.54, 1.807) is 12.1 Å². The Morgan fingerprint density at radius 3 is 2.88 bits per heavy atom. The van der Waals surface area contributed by atoms with Crippen LogP contribution in [0.1, 0.15) is 80.0 Å². The minimum Gasteiger partial charge on any atom is -0.504 e. The summed E-state index contributed by atoms with van der Waals surface area (Å²) in [6.07, 6.45) is 12.3. The maximum absolute atomic E-state index is 13.5. The summed E-state index contributed by atoms with van der Waals surface area (Å²) in [6.45, 7) is 4.67. The van der Waals surface area contributed by atoms with Crippen molar-refractivity contribution in [1.82, 2.24) is 15.2 Å². The van der Waals surface area contributed by atoms with Crippen LogP contribution in [0.25, 0.3) is 6.08 Å². The van der Waals surface area contributed by atoms with Gasteiger partial charge in [0.2, 0.25) is 0 Å². The number of Topliss-reactive ketones (excluding diaryl/α,β-unsaturated/α-hetero) is 2. The summed E-state index contributed by atoms with van der Waals surface area (Å²) >= 11 is 0. The Bertz CT molecular complexity index is 1460. The van der Waals surface area contributed by atoms with Gasteiger partial charge < -0.3 is 25.4 Å². The molecule has 0 radical (unpaired) electrons. The molecular formula is C33H40N4O4S2. The number of nitrogens with zero attached hydrogens (tertiary/aromatic N) is 2. The molecule has 3 N–H and O–H groups in total. The molecule has 0 saturated heterocycles. The number of fused-ring (bicyclic) bond motifs is 7. The summed E-state index contributed by atoms with van der Waals surface area (Å²) in [5, 5.41) is 17.7. The molecule has 3 aliphatic heterocycles. The normalized spacial score (nSPS) is 25.7. The van der Waals surface area contributed by atoms with Crippen LogP contribution >= 0.6 is 21.6 Å². The Balaban J connectivity index is 1.48. The number of carbonyl (C=O) groups excluding carboxylic acids is 2. The number of pyridine rings is 1. The van der Waals surface area contributed by atoms with Gasteiger partial charge in [-0.15, -0.1) is 0 Å². The van der Waals surface area contributed by atoms with Crippen molar-refractivity contribution in [2.75, 3.05) is 37.9 Å². The molecule has 3 atom stereocenters. The molecule has 4 bridgehead atoms. The summed E-state index contributed by atoms with van der Waals surface area (Å²) < 4.78 is 5.25. The highest BCUT2D eigenvalue weighted by atomic mass is 33.1. The zero-order chi connectivity index (χ0) is 30.0. The van der Waals surface area contributed by atoms with Crippen LogP contribution in [0.3, 0.4) is 0 Å². The van der Waals surface area contributed by atoms with Crippen molar-refractivity contribution in [3.63, 3.8) is 0 Å². The molecule has 228 valence electrons. The first-order chi connectivity index (χ1) is 20.9. The summed E-state index contributed by atoms with van der Waals surface area (Å²) in [6, 6.07) is 5.89. The van der Waals surface area contributed by atoms with Gasteiger partial charge in [-0.2, -0.15) is 0 Å². The monoisotopic (exact) mass is 620 g/mol. The standard InChI is InChI=1S/C33H40N4O4S2/c1-3-21-4-6-25(38)15-29(39)22-5-7-26(27-16-30(40)31(41-2)14-23(27)12-22)24-13-28-32(36-17-24)35-9-8-33(28,43-42-18-21)19-37-11-10-34-20-37/h10-14,16-17,21,26,34,40H,3-9,15,18-20H2,1-2H3,(H,35,36). The molecule has 43 heavy (non-hydrogen) atoms. The highest BCUT2D eigenvalue weighted by Gasteiger charge is 2.41. The quantitative estimate of drug-likeness (QED) is 0.271. The van der Waals surface area contributed by atoms with Crippen LogP contribution in [0.15, 0.2) is 42.4 Å². The Morgan fingerprint density at radius 2 is 2.09 bits per heavy atom. The van der Waals surface area contributed by atoms with Gasteiger partial charge >= 0.3 is 0 Å². The Kier molecular flexibility index (Phi) is 8.95. The molecule has 2 aromatic rings. The molecule has 6 rings (SSSR count).